The lowest BCUT2D eigenvalue weighted by molar-refractivity contribution is -0.137. The van der Waals surface area contributed by atoms with E-state index in [1.165, 1.54) is 19.1 Å². The Morgan fingerprint density at radius 2 is 1.92 bits per heavy atom. The molecular formula is C12H10Cl3F3N2O3S. The van der Waals surface area contributed by atoms with E-state index in [4.69, 9.17) is 52.8 Å². The monoisotopic (exact) mass is 424 g/mol. The molecule has 24 heavy (non-hydrogen) atoms. The lowest BCUT2D eigenvalue weighted by atomic mass is 10.0. The maximum atomic E-state index is 12.9. The van der Waals surface area contributed by atoms with E-state index in [-0.39, 0.29) is 27.4 Å². The van der Waals surface area contributed by atoms with Gasteiger partial charge < -0.3 is 4.84 Å². The summed E-state index contributed by atoms with van der Waals surface area (Å²) in [7, 11) is -2.61. The van der Waals surface area contributed by atoms with Crippen molar-refractivity contribution < 1.29 is 26.4 Å². The number of hydrogen-bond acceptors (Lipinski definition) is 5. The number of hydrogen-bond donors (Lipinski definition) is 1. The summed E-state index contributed by atoms with van der Waals surface area (Å²) in [6.45, 7) is 1.33. The van der Waals surface area contributed by atoms with Gasteiger partial charge in [0.2, 0.25) is 0 Å². The van der Waals surface area contributed by atoms with E-state index < -0.39 is 22.2 Å². The highest BCUT2D eigenvalue weighted by Gasteiger charge is 2.34. The molecule has 0 atom stereocenters. The van der Waals surface area contributed by atoms with Crippen LogP contribution in [0.4, 0.5) is 13.2 Å². The fourth-order valence-corrected chi connectivity index (χ4v) is 1.64. The average molecular weight is 426 g/mol. The van der Waals surface area contributed by atoms with E-state index >= 15 is 0 Å². The zero-order valence-electron chi connectivity index (χ0n) is 11.9. The third-order valence-corrected chi connectivity index (χ3v) is 2.73. The van der Waals surface area contributed by atoms with Crippen molar-refractivity contribution in [1.82, 2.24) is 0 Å². The predicted molar refractivity (Wildman–Crippen MR) is 86.0 cm³/mol. The summed E-state index contributed by atoms with van der Waals surface area (Å²) in [5.41, 5.74) is -0.942. The zero-order valence-corrected chi connectivity index (χ0v) is 14.9. The maximum Gasteiger partial charge on any atom is 0.417 e. The van der Waals surface area contributed by atoms with E-state index in [1.807, 2.05) is 0 Å². The highest BCUT2D eigenvalue weighted by Crippen LogP contribution is 2.33. The number of nitrogens with one attached hydrogen (secondary N) is 1. The molecule has 0 fully saturated rings. The Labute approximate surface area is 152 Å². The van der Waals surface area contributed by atoms with Crippen molar-refractivity contribution in [1.29, 1.82) is 4.78 Å². The predicted octanol–water partition coefficient (Wildman–Crippen LogP) is 5.05. The molecule has 12 heteroatoms. The van der Waals surface area contributed by atoms with Crippen molar-refractivity contribution in [3.8, 4) is 0 Å². The van der Waals surface area contributed by atoms with Crippen LogP contribution >= 0.6 is 34.8 Å². The number of alkyl halides is 3. The largest absolute Gasteiger partial charge is 0.417 e. The highest BCUT2D eigenvalue weighted by molar-refractivity contribution is 7.60. The van der Waals surface area contributed by atoms with Crippen molar-refractivity contribution in [3.05, 3.63) is 44.9 Å². The Morgan fingerprint density at radius 1 is 1.38 bits per heavy atom. The van der Waals surface area contributed by atoms with Gasteiger partial charge >= 0.3 is 16.7 Å². The van der Waals surface area contributed by atoms with E-state index in [0.717, 1.165) is 12.1 Å². The fraction of sp³-hybridized carbons (Fsp3) is 0.250. The first-order valence-corrected chi connectivity index (χ1v) is 8.01. The second kappa shape index (κ2) is 10.5. The van der Waals surface area contributed by atoms with Gasteiger partial charge in [-0.1, -0.05) is 40.0 Å². The van der Waals surface area contributed by atoms with Crippen LogP contribution in [0, 0.1) is 4.78 Å². The van der Waals surface area contributed by atoms with Crippen molar-refractivity contribution in [2.24, 2.45) is 5.16 Å². The molecule has 0 amide bonds. The van der Waals surface area contributed by atoms with Gasteiger partial charge in [0.15, 0.2) is 0 Å². The molecule has 134 valence electrons. The van der Waals surface area contributed by atoms with Crippen LogP contribution in [0.15, 0.2) is 33.9 Å². The summed E-state index contributed by atoms with van der Waals surface area (Å²) in [6.07, 6.45) is -3.20. The van der Waals surface area contributed by atoms with Crippen LogP contribution in [0.3, 0.4) is 0 Å². The molecule has 0 aromatic heterocycles. The van der Waals surface area contributed by atoms with Gasteiger partial charge in [-0.2, -0.15) is 26.4 Å². The summed E-state index contributed by atoms with van der Waals surface area (Å²) in [5.74, 6) is 0. The Bertz CT molecular complexity index is 724. The summed E-state index contributed by atoms with van der Waals surface area (Å²) < 4.78 is 61.4. The van der Waals surface area contributed by atoms with Crippen LogP contribution in [0.1, 0.15) is 18.1 Å². The van der Waals surface area contributed by atoms with Crippen molar-refractivity contribution in [2.45, 2.75) is 13.1 Å². The van der Waals surface area contributed by atoms with Gasteiger partial charge in [0.1, 0.15) is 11.1 Å². The first kappa shape index (κ1) is 22.7. The minimum atomic E-state index is -4.50. The molecule has 1 rings (SSSR count). The molecule has 0 aliphatic carbocycles. The lowest BCUT2D eigenvalue weighted by Gasteiger charge is -2.12. The van der Waals surface area contributed by atoms with Crippen LogP contribution in [0.2, 0.25) is 5.02 Å². The molecule has 1 aromatic carbocycles. The van der Waals surface area contributed by atoms with Crippen LogP contribution < -0.4 is 0 Å². The van der Waals surface area contributed by atoms with Crippen LogP contribution in [-0.4, -0.2) is 20.7 Å². The van der Waals surface area contributed by atoms with Gasteiger partial charge in [-0.15, -0.1) is 0 Å². The average Bonchev–Trinajstić information content (AvgIpc) is 2.41. The van der Waals surface area contributed by atoms with Crippen LogP contribution in [0.25, 0.3) is 0 Å². The van der Waals surface area contributed by atoms with Crippen LogP contribution in [-0.2, 0) is 21.5 Å². The lowest BCUT2D eigenvalue weighted by Crippen LogP contribution is -2.12. The maximum absolute atomic E-state index is 12.9. The van der Waals surface area contributed by atoms with Gasteiger partial charge in [0, 0.05) is 10.6 Å². The summed E-state index contributed by atoms with van der Waals surface area (Å²) in [5, 5.41) is 3.75. The molecule has 0 aliphatic heterocycles. The van der Waals surface area contributed by atoms with Gasteiger partial charge in [-0.3, -0.25) is 0 Å². The normalized spacial score (nSPS) is 11.2. The Balaban J connectivity index is 0.00000118. The van der Waals surface area contributed by atoms with Crippen molar-refractivity contribution in [3.63, 3.8) is 0 Å². The molecule has 1 aromatic rings. The van der Waals surface area contributed by atoms with Gasteiger partial charge in [-0.25, -0.2) is 0 Å². The molecule has 0 aliphatic rings. The highest BCUT2D eigenvalue weighted by atomic mass is 35.5. The Morgan fingerprint density at radius 3 is 2.38 bits per heavy atom. The number of oxime groups is 1. The number of benzene rings is 1. The van der Waals surface area contributed by atoms with Crippen molar-refractivity contribution >= 4 is 51.0 Å². The van der Waals surface area contributed by atoms with Crippen LogP contribution in [0.5, 0.6) is 0 Å². The van der Waals surface area contributed by atoms with Gasteiger partial charge in [0.05, 0.1) is 11.3 Å². The second-order valence-electron chi connectivity index (χ2n) is 3.89. The molecule has 0 heterocycles. The fourth-order valence-electron chi connectivity index (χ4n) is 1.35. The minimum Gasteiger partial charge on any atom is -0.391 e. The number of nitrogens with zero attached hydrogens (tertiary/aromatic N) is 1. The minimum absolute atomic E-state index is 0.0170. The Hall–Kier alpha value is -1.29. The number of rotatable bonds is 4. The Kier molecular flexibility index (Phi) is 9.98. The molecule has 5 nitrogen and oxygen atoms in total. The van der Waals surface area contributed by atoms with Gasteiger partial charge in [0.25, 0.3) is 0 Å². The van der Waals surface area contributed by atoms with Crippen molar-refractivity contribution in [2.75, 3.05) is 6.61 Å². The number of halogens is 6. The molecule has 1 N–H and O–H groups in total. The molecule has 0 bridgehead atoms. The van der Waals surface area contributed by atoms with Gasteiger partial charge in [-0.05, 0) is 31.2 Å². The first-order chi connectivity index (χ1) is 10.9. The molecular weight excluding hydrogens is 416 g/mol. The first-order valence-electron chi connectivity index (χ1n) is 5.80. The van der Waals surface area contributed by atoms with E-state index in [9.17, 15) is 13.2 Å². The molecule has 0 radical (unpaired) electrons. The smallest absolute Gasteiger partial charge is 0.391 e. The molecule has 0 unspecified atom stereocenters. The molecule has 0 saturated carbocycles. The summed E-state index contributed by atoms with van der Waals surface area (Å²) in [4.78, 5) is 4.80. The topological polar surface area (TPSA) is 79.6 Å². The second-order valence-corrected chi connectivity index (χ2v) is 5.80. The SMILES string of the molecule is C/C(=N\OCC=C(Cl)Cl)c1cc(Cl)ccc1C(F)(F)F.N=S(=O)=O. The molecule has 0 saturated heterocycles. The van der Waals surface area contributed by atoms with E-state index in [1.54, 1.807) is 0 Å². The third-order valence-electron chi connectivity index (χ3n) is 2.19. The third kappa shape index (κ3) is 9.76. The molecule has 0 spiro atoms. The standard InChI is InChI=1S/C12H9Cl3F3NO.HNO2S/c1-7(19-20-5-4-11(14)15)9-6-8(13)2-3-10(9)12(16,17)18;1-4(2)3/h2-4,6H,5H2,1H3;1H/b19-7+;. The summed E-state index contributed by atoms with van der Waals surface area (Å²) >= 11 is 16.4. The zero-order chi connectivity index (χ0) is 18.9. The van der Waals surface area contributed by atoms with E-state index in [0.29, 0.717) is 0 Å². The van der Waals surface area contributed by atoms with E-state index in [2.05, 4.69) is 5.16 Å². The quantitative estimate of drug-likeness (QED) is 0.417. The summed E-state index contributed by atoms with van der Waals surface area (Å²) in [6, 6.07) is 3.24.